The number of alkyl halides is 3. The van der Waals surface area contributed by atoms with Gasteiger partial charge in [-0.3, -0.25) is 4.99 Å². The van der Waals surface area contributed by atoms with Crippen LogP contribution < -0.4 is 0 Å². The first-order valence-electron chi connectivity index (χ1n) is 8.20. The van der Waals surface area contributed by atoms with Crippen LogP contribution in [0.25, 0.3) is 14.9 Å². The van der Waals surface area contributed by atoms with Gasteiger partial charge in [-0.25, -0.2) is 16.8 Å². The number of phenols is 2. The SMILES string of the molecule is O=S(=O)([N-]S(=O)(=O)C(F)(F)F)c1ccc(N=Cc2c(O)ccc3ccccc23)c(O)c1.[Cu]. The predicted molar refractivity (Wildman–Crippen MR) is 106 cm³/mol. The van der Waals surface area contributed by atoms with Crippen LogP contribution in [0.2, 0.25) is 0 Å². The monoisotopic (exact) mass is 536 g/mol. The summed E-state index contributed by atoms with van der Waals surface area (Å²) in [5.41, 5.74) is -5.78. The molecule has 0 aliphatic heterocycles. The summed E-state index contributed by atoms with van der Waals surface area (Å²) in [6.07, 6.45) is 1.21. The number of benzene rings is 3. The van der Waals surface area contributed by atoms with Gasteiger partial charge in [-0.1, -0.05) is 30.3 Å². The van der Waals surface area contributed by atoms with Crippen molar-refractivity contribution in [2.24, 2.45) is 4.99 Å². The molecule has 175 valence electrons. The van der Waals surface area contributed by atoms with Gasteiger partial charge in [0.1, 0.15) is 27.2 Å². The van der Waals surface area contributed by atoms with Crippen molar-refractivity contribution in [1.82, 2.24) is 0 Å². The average molecular weight is 537 g/mol. The summed E-state index contributed by atoms with van der Waals surface area (Å²) in [4.78, 5) is 2.98. The quantitative estimate of drug-likeness (QED) is 0.375. The Bertz CT molecular complexity index is 1410. The van der Waals surface area contributed by atoms with Crippen molar-refractivity contribution in [3.8, 4) is 11.5 Å². The Balaban J connectivity index is 0.00000363. The van der Waals surface area contributed by atoms with Crippen LogP contribution in [0.5, 0.6) is 11.5 Å². The number of hydrogen-bond donors (Lipinski definition) is 2. The van der Waals surface area contributed by atoms with Crippen molar-refractivity contribution in [3.63, 3.8) is 0 Å². The molecule has 0 heterocycles. The second-order valence-electron chi connectivity index (χ2n) is 6.10. The van der Waals surface area contributed by atoms with Crippen molar-refractivity contribution in [3.05, 3.63) is 64.3 Å². The van der Waals surface area contributed by atoms with Gasteiger partial charge >= 0.3 is 5.51 Å². The Labute approximate surface area is 191 Å². The molecule has 3 aromatic carbocycles. The fraction of sp³-hybridized carbons (Fsp3) is 0.0556. The Morgan fingerprint density at radius 3 is 2.19 bits per heavy atom. The summed E-state index contributed by atoms with van der Waals surface area (Å²) < 4.78 is 84.9. The van der Waals surface area contributed by atoms with E-state index < -0.39 is 36.2 Å². The van der Waals surface area contributed by atoms with Crippen LogP contribution in [0.3, 0.4) is 0 Å². The van der Waals surface area contributed by atoms with Gasteiger partial charge in [0.15, 0.2) is 10.0 Å². The van der Waals surface area contributed by atoms with Crippen molar-refractivity contribution in [1.29, 1.82) is 0 Å². The molecule has 0 aromatic heterocycles. The summed E-state index contributed by atoms with van der Waals surface area (Å²) in [5, 5.41) is 21.5. The molecule has 0 amide bonds. The number of aromatic hydroxyl groups is 2. The molecule has 1 radical (unpaired) electrons. The number of rotatable bonds is 5. The smallest absolute Gasteiger partial charge is 0.480 e. The number of aliphatic imine (C=N–C) groups is 1. The molecule has 8 nitrogen and oxygen atoms in total. The van der Waals surface area contributed by atoms with Gasteiger partial charge < -0.3 is 14.3 Å². The van der Waals surface area contributed by atoms with Crippen molar-refractivity contribution in [2.45, 2.75) is 10.4 Å². The van der Waals surface area contributed by atoms with Crippen LogP contribution in [0.15, 0.2) is 64.5 Å². The van der Waals surface area contributed by atoms with Crippen molar-refractivity contribution < 1.29 is 57.3 Å². The minimum absolute atomic E-state index is 0. The molecule has 14 heteroatoms. The van der Waals surface area contributed by atoms with Crippen LogP contribution in [-0.2, 0) is 37.1 Å². The first-order chi connectivity index (χ1) is 14.3. The molecule has 0 saturated carbocycles. The maximum atomic E-state index is 12.4. The zero-order valence-corrected chi connectivity index (χ0v) is 18.0. The van der Waals surface area contributed by atoms with E-state index in [9.17, 15) is 40.2 Å². The van der Waals surface area contributed by atoms with Gasteiger partial charge in [-0.05, 0) is 35.0 Å². The molecule has 0 saturated heterocycles. The number of phenolic OH excluding ortho intramolecular Hbond substituents is 2. The third kappa shape index (κ3) is 5.22. The van der Waals surface area contributed by atoms with E-state index in [1.54, 1.807) is 30.3 Å². The molecule has 0 atom stereocenters. The minimum atomic E-state index is -6.30. The number of nitrogens with zero attached hydrogens (tertiary/aromatic N) is 2. The normalized spacial score (nSPS) is 12.7. The molecule has 3 aromatic rings. The van der Waals surface area contributed by atoms with Gasteiger partial charge in [0, 0.05) is 28.8 Å². The van der Waals surface area contributed by atoms with Gasteiger partial charge in [-0.15, -0.1) is 0 Å². The van der Waals surface area contributed by atoms with Gasteiger partial charge in [0.25, 0.3) is 0 Å². The van der Waals surface area contributed by atoms with E-state index in [1.165, 1.54) is 12.3 Å². The molecule has 0 fully saturated rings. The molecular weight excluding hydrogens is 525 g/mol. The molecule has 0 aliphatic rings. The topological polar surface area (TPSA) is 135 Å². The Kier molecular flexibility index (Phi) is 7.27. The maximum absolute atomic E-state index is 12.4. The molecule has 0 bridgehead atoms. The molecule has 0 aliphatic carbocycles. The summed E-state index contributed by atoms with van der Waals surface area (Å²) in [6.45, 7) is 0. The standard InChI is InChI=1S/C18H12F3N2O6S2.Cu/c19-18(20,21)31(28,29)23-30(26,27)12-6-7-15(17(25)9-12)22-10-14-13-4-2-1-3-11(13)5-8-16(14)24;/h1-10,25H,(H,22,24);/q-1;. The molecule has 32 heavy (non-hydrogen) atoms. The van der Waals surface area contributed by atoms with E-state index in [4.69, 9.17) is 0 Å². The summed E-state index contributed by atoms with van der Waals surface area (Å²) in [5.74, 6) is -0.881. The predicted octanol–water partition coefficient (Wildman–Crippen LogP) is 3.91. The van der Waals surface area contributed by atoms with Crippen molar-refractivity contribution in [2.75, 3.05) is 0 Å². The Morgan fingerprint density at radius 2 is 1.56 bits per heavy atom. The van der Waals surface area contributed by atoms with Gasteiger partial charge in [0.2, 0.25) is 0 Å². The van der Waals surface area contributed by atoms with Crippen LogP contribution in [0.1, 0.15) is 5.56 Å². The molecule has 3 rings (SSSR count). The van der Waals surface area contributed by atoms with E-state index in [2.05, 4.69) is 4.99 Å². The van der Waals surface area contributed by atoms with Crippen LogP contribution in [-0.4, -0.2) is 38.8 Å². The zero-order valence-electron chi connectivity index (χ0n) is 15.4. The van der Waals surface area contributed by atoms with Crippen LogP contribution in [0, 0.1) is 0 Å². The Morgan fingerprint density at radius 1 is 0.906 bits per heavy atom. The number of fused-ring (bicyclic) bond motifs is 1. The van der Waals surface area contributed by atoms with Gasteiger partial charge in [-0.2, -0.15) is 13.2 Å². The second-order valence-corrected chi connectivity index (χ2v) is 9.53. The van der Waals surface area contributed by atoms with Crippen LogP contribution >= 0.6 is 0 Å². The van der Waals surface area contributed by atoms with E-state index in [0.29, 0.717) is 17.0 Å². The first kappa shape index (κ1) is 25.6. The fourth-order valence-corrected chi connectivity index (χ4v) is 4.76. The molecule has 0 spiro atoms. The summed E-state index contributed by atoms with van der Waals surface area (Å²) in [7, 11) is -11.6. The van der Waals surface area contributed by atoms with E-state index >= 15 is 0 Å². The van der Waals surface area contributed by atoms with Crippen LogP contribution in [0.4, 0.5) is 18.9 Å². The van der Waals surface area contributed by atoms with E-state index in [1.807, 2.05) is 4.13 Å². The van der Waals surface area contributed by atoms with Gasteiger partial charge in [0.05, 0.1) is 4.90 Å². The largest absolute Gasteiger partial charge is 0.507 e. The number of halogens is 3. The van der Waals surface area contributed by atoms with Crippen molar-refractivity contribution >= 4 is 42.7 Å². The zero-order chi connectivity index (χ0) is 23.0. The summed E-state index contributed by atoms with van der Waals surface area (Å²) >= 11 is 0. The number of sulfonamides is 2. The maximum Gasteiger partial charge on any atom is 0.480 e. The third-order valence-corrected chi connectivity index (χ3v) is 7.02. The second kappa shape index (κ2) is 9.08. The Hall–Kier alpha value is -2.64. The minimum Gasteiger partial charge on any atom is -0.507 e. The first-order valence-corrected chi connectivity index (χ1v) is 11.1. The average Bonchev–Trinajstić information content (AvgIpc) is 2.66. The summed E-state index contributed by atoms with van der Waals surface area (Å²) in [6, 6.07) is 12.3. The molecule has 2 N–H and O–H groups in total. The van der Waals surface area contributed by atoms with E-state index in [-0.39, 0.29) is 28.5 Å². The van der Waals surface area contributed by atoms with E-state index in [0.717, 1.165) is 17.5 Å². The molecule has 0 unspecified atom stereocenters. The molecular formula is C18H12CuF3N2O6S2-. The number of hydrogen-bond acceptors (Lipinski definition) is 7. The fourth-order valence-electron chi connectivity index (χ4n) is 2.54. The third-order valence-electron chi connectivity index (χ3n) is 4.01.